The highest BCUT2D eigenvalue weighted by atomic mass is 16.5. The number of hydrogen-bond donors (Lipinski definition) is 0. The van der Waals surface area contributed by atoms with Crippen LogP contribution in [-0.2, 0) is 5.41 Å². The van der Waals surface area contributed by atoms with Crippen molar-refractivity contribution in [3.05, 3.63) is 216 Å². The van der Waals surface area contributed by atoms with E-state index in [1.165, 1.54) is 82.9 Å². The van der Waals surface area contributed by atoms with E-state index >= 15 is 0 Å². The van der Waals surface area contributed by atoms with Crippen molar-refractivity contribution in [3.8, 4) is 67.1 Å². The third kappa shape index (κ3) is 3.96. The Hall–Kier alpha value is -7.68. The second-order valence-corrected chi connectivity index (χ2v) is 16.2. The molecule has 0 radical (unpaired) electrons. The van der Waals surface area contributed by atoms with Crippen LogP contribution in [-0.4, -0.2) is 0 Å². The van der Waals surface area contributed by atoms with Crippen LogP contribution in [0, 0.1) is 0 Å². The Balaban J connectivity index is 1.10. The van der Waals surface area contributed by atoms with Crippen molar-refractivity contribution in [1.29, 1.82) is 0 Å². The van der Waals surface area contributed by atoms with E-state index in [1.54, 1.807) is 0 Å². The molecule has 0 saturated carbocycles. The van der Waals surface area contributed by atoms with Crippen LogP contribution in [0.15, 0.2) is 199 Å². The second-order valence-electron chi connectivity index (χ2n) is 16.2. The van der Waals surface area contributed by atoms with Gasteiger partial charge in [0, 0.05) is 21.7 Å². The molecule has 0 bridgehead atoms. The van der Waals surface area contributed by atoms with E-state index in [2.05, 4.69) is 182 Å². The van der Waals surface area contributed by atoms with Gasteiger partial charge in [0.15, 0.2) is 0 Å². The molecular weight excluding hydrogens is 717 g/mol. The molecule has 0 amide bonds. The lowest BCUT2D eigenvalue weighted by molar-refractivity contribution is 0.487. The molecule has 272 valence electrons. The van der Waals surface area contributed by atoms with Gasteiger partial charge in [-0.1, -0.05) is 152 Å². The summed E-state index contributed by atoms with van der Waals surface area (Å²) in [5.41, 5.74) is 18.8. The van der Waals surface area contributed by atoms with Crippen LogP contribution in [0.25, 0.3) is 99.1 Å². The zero-order chi connectivity index (χ0) is 38.4. The lowest BCUT2D eigenvalue weighted by Crippen LogP contribution is -2.26. The van der Waals surface area contributed by atoms with Crippen LogP contribution >= 0.6 is 0 Å². The van der Waals surface area contributed by atoms with E-state index in [0.717, 1.165) is 50.0 Å². The van der Waals surface area contributed by atoms with Crippen molar-refractivity contribution in [2.45, 2.75) is 5.41 Å². The summed E-state index contributed by atoms with van der Waals surface area (Å²) in [6.45, 7) is 0. The highest BCUT2D eigenvalue weighted by molar-refractivity contribution is 6.13. The van der Waals surface area contributed by atoms with Gasteiger partial charge in [0.05, 0.1) is 5.41 Å². The number of para-hydroxylation sites is 2. The molecule has 2 heterocycles. The molecule has 0 fully saturated rings. The van der Waals surface area contributed by atoms with Gasteiger partial charge in [-0.3, -0.25) is 0 Å². The van der Waals surface area contributed by atoms with Gasteiger partial charge < -0.3 is 9.15 Å². The minimum Gasteiger partial charge on any atom is -0.456 e. The third-order valence-corrected chi connectivity index (χ3v) is 13.5. The summed E-state index contributed by atoms with van der Waals surface area (Å²) in [5, 5.41) is 7.13. The first-order chi connectivity index (χ1) is 29.3. The highest BCUT2D eigenvalue weighted by Crippen LogP contribution is 2.66. The van der Waals surface area contributed by atoms with E-state index in [0.29, 0.717) is 0 Å². The maximum absolute atomic E-state index is 6.54. The van der Waals surface area contributed by atoms with Crippen LogP contribution < -0.4 is 4.74 Å². The molecule has 0 N–H and O–H groups in total. The fourth-order valence-corrected chi connectivity index (χ4v) is 11.1. The van der Waals surface area contributed by atoms with Crippen LogP contribution in [0.2, 0.25) is 0 Å². The molecule has 1 aromatic heterocycles. The van der Waals surface area contributed by atoms with E-state index in [9.17, 15) is 0 Å². The summed E-state index contributed by atoms with van der Waals surface area (Å²) < 4.78 is 13.1. The number of hydrogen-bond acceptors (Lipinski definition) is 2. The van der Waals surface area contributed by atoms with Crippen LogP contribution in [0.3, 0.4) is 0 Å². The van der Waals surface area contributed by atoms with Crippen molar-refractivity contribution in [2.24, 2.45) is 0 Å². The lowest BCUT2D eigenvalue weighted by atomic mass is 9.69. The first kappa shape index (κ1) is 31.4. The van der Waals surface area contributed by atoms with E-state index < -0.39 is 5.41 Å². The molecule has 2 nitrogen and oxygen atoms in total. The summed E-state index contributed by atoms with van der Waals surface area (Å²) in [7, 11) is 0. The van der Waals surface area contributed by atoms with Gasteiger partial charge in [0.1, 0.15) is 22.7 Å². The Kier molecular flexibility index (Phi) is 5.99. The topological polar surface area (TPSA) is 22.4 Å². The maximum Gasteiger partial charge on any atom is 0.136 e. The third-order valence-electron chi connectivity index (χ3n) is 13.5. The number of benzene rings is 10. The van der Waals surface area contributed by atoms with Gasteiger partial charge in [0.2, 0.25) is 0 Å². The summed E-state index contributed by atoms with van der Waals surface area (Å²) in [5.74, 6) is 1.80. The van der Waals surface area contributed by atoms with Gasteiger partial charge >= 0.3 is 0 Å². The Morgan fingerprint density at radius 1 is 0.339 bits per heavy atom. The largest absolute Gasteiger partial charge is 0.456 e. The van der Waals surface area contributed by atoms with E-state index in [-0.39, 0.29) is 0 Å². The van der Waals surface area contributed by atoms with Crippen LogP contribution in [0.1, 0.15) is 22.3 Å². The first-order valence-corrected chi connectivity index (χ1v) is 20.4. The summed E-state index contributed by atoms with van der Waals surface area (Å²) in [6.07, 6.45) is 0. The fraction of sp³-hybridized carbons (Fsp3) is 0.0175. The predicted octanol–water partition coefficient (Wildman–Crippen LogP) is 15.3. The molecule has 1 spiro atoms. The summed E-state index contributed by atoms with van der Waals surface area (Å²) in [6, 6.07) is 71.4. The fourth-order valence-electron chi connectivity index (χ4n) is 11.1. The standard InChI is InChI=1S/C57H32O2/c1-2-13-37-33(12-1)30-46(35-24-26-42-40-16-5-9-22-50(40)59-53(42)32-35)55-45-27-25-34(36-28-29-52-54-43(36)18-11-19-44(54)41-17-6-10-23-51(41)58-52)31-49(45)57(56(37)55)47-20-7-3-14-38(47)39-15-4-8-21-48(39)57/h1-32H. The molecular formula is C57H32O2. The lowest BCUT2D eigenvalue weighted by Gasteiger charge is -2.32. The number of ether oxygens (including phenoxy) is 1. The van der Waals surface area contributed by atoms with E-state index in [1.807, 2.05) is 12.1 Å². The molecule has 0 atom stereocenters. The second kappa shape index (κ2) is 11.2. The summed E-state index contributed by atoms with van der Waals surface area (Å²) in [4.78, 5) is 0. The molecule has 1 aliphatic heterocycles. The molecule has 59 heavy (non-hydrogen) atoms. The summed E-state index contributed by atoms with van der Waals surface area (Å²) >= 11 is 0. The molecule has 3 aliphatic rings. The van der Waals surface area contributed by atoms with E-state index in [4.69, 9.17) is 9.15 Å². The normalized spacial score (nSPS) is 13.7. The molecule has 0 unspecified atom stereocenters. The minimum atomic E-state index is -0.554. The molecule has 11 aromatic rings. The van der Waals surface area contributed by atoms with Crippen molar-refractivity contribution in [3.63, 3.8) is 0 Å². The molecule has 10 aromatic carbocycles. The molecule has 2 aliphatic carbocycles. The Morgan fingerprint density at radius 2 is 0.983 bits per heavy atom. The zero-order valence-electron chi connectivity index (χ0n) is 31.8. The van der Waals surface area contributed by atoms with Gasteiger partial charge in [-0.25, -0.2) is 0 Å². The van der Waals surface area contributed by atoms with Gasteiger partial charge in [0.25, 0.3) is 0 Å². The quantitative estimate of drug-likeness (QED) is 0.176. The Bertz CT molecular complexity index is 3610. The number of fused-ring (bicyclic) bond motifs is 17. The number of furan rings is 1. The molecule has 14 rings (SSSR count). The highest BCUT2D eigenvalue weighted by Gasteiger charge is 2.53. The smallest absolute Gasteiger partial charge is 0.136 e. The monoisotopic (exact) mass is 748 g/mol. The minimum absolute atomic E-state index is 0.554. The maximum atomic E-state index is 6.54. The van der Waals surface area contributed by atoms with Gasteiger partial charge in [-0.15, -0.1) is 0 Å². The first-order valence-electron chi connectivity index (χ1n) is 20.4. The van der Waals surface area contributed by atoms with Crippen molar-refractivity contribution in [2.75, 3.05) is 0 Å². The van der Waals surface area contributed by atoms with Gasteiger partial charge in [-0.05, 0) is 131 Å². The average molecular weight is 749 g/mol. The number of rotatable bonds is 2. The Labute approximate surface area is 340 Å². The average Bonchev–Trinajstić information content (AvgIpc) is 3.93. The SMILES string of the molecule is c1ccc2c(c1)Oc1ccc(-c3ccc4c(c3)C3(c5ccccc5-c5ccccc53)c3c-4c(-c4ccc5c(c4)oc4ccccc45)cc4ccccc34)c3cccc-2c13. The zero-order valence-corrected chi connectivity index (χ0v) is 31.8. The predicted molar refractivity (Wildman–Crippen MR) is 241 cm³/mol. The van der Waals surface area contributed by atoms with Crippen molar-refractivity contribution >= 4 is 43.5 Å². The van der Waals surface area contributed by atoms with Crippen molar-refractivity contribution in [1.82, 2.24) is 0 Å². The molecule has 0 saturated heterocycles. The van der Waals surface area contributed by atoms with Gasteiger partial charge in [-0.2, -0.15) is 0 Å². The van der Waals surface area contributed by atoms with Crippen molar-refractivity contribution < 1.29 is 9.15 Å². The van der Waals surface area contributed by atoms with Crippen LogP contribution in [0.4, 0.5) is 0 Å². The van der Waals surface area contributed by atoms with Crippen LogP contribution in [0.5, 0.6) is 11.5 Å². The molecule has 2 heteroatoms. The Morgan fingerprint density at radius 3 is 1.85 bits per heavy atom.